The second kappa shape index (κ2) is 7.22. The van der Waals surface area contributed by atoms with E-state index in [0.717, 1.165) is 0 Å². The van der Waals surface area contributed by atoms with Crippen LogP contribution in [0.25, 0.3) is 0 Å². The van der Waals surface area contributed by atoms with Gasteiger partial charge in [0.1, 0.15) is 12.3 Å². The predicted octanol–water partition coefficient (Wildman–Crippen LogP) is 3.05. The molecule has 0 unspecified atom stereocenters. The van der Waals surface area contributed by atoms with Crippen LogP contribution in [0, 0.1) is 10.1 Å². The summed E-state index contributed by atoms with van der Waals surface area (Å²) in [7, 11) is 0. The van der Waals surface area contributed by atoms with Gasteiger partial charge >= 0.3 is 0 Å². The zero-order chi connectivity index (χ0) is 13.5. The maximum atomic E-state index is 11.8. The van der Waals surface area contributed by atoms with Gasteiger partial charge in [0.2, 0.25) is 0 Å². The average Bonchev–Trinajstić information content (AvgIpc) is 2.27. The standard InChI is InChI=1S/C10H11BrF2N2O3/c11-7-1-2-9(15(16)17)8(5-7)14-3-4-18-6-10(12)13/h1-2,5,10,14H,3-4,6H2. The second-order valence-electron chi connectivity index (χ2n) is 3.31. The number of nitro benzene ring substituents is 1. The van der Waals surface area contributed by atoms with E-state index in [9.17, 15) is 18.9 Å². The van der Waals surface area contributed by atoms with E-state index in [0.29, 0.717) is 10.2 Å². The monoisotopic (exact) mass is 324 g/mol. The molecule has 18 heavy (non-hydrogen) atoms. The number of hydrogen-bond donors (Lipinski definition) is 1. The Morgan fingerprint density at radius 2 is 2.22 bits per heavy atom. The van der Waals surface area contributed by atoms with Crippen LogP contribution in [-0.4, -0.2) is 31.1 Å². The number of hydrogen-bond acceptors (Lipinski definition) is 4. The molecule has 8 heteroatoms. The lowest BCUT2D eigenvalue weighted by Gasteiger charge is -2.08. The first-order valence-corrected chi connectivity index (χ1v) is 5.83. The first-order valence-electron chi connectivity index (χ1n) is 5.04. The Morgan fingerprint density at radius 1 is 1.50 bits per heavy atom. The molecule has 0 saturated heterocycles. The fourth-order valence-electron chi connectivity index (χ4n) is 1.24. The van der Waals surface area contributed by atoms with Gasteiger partial charge in [0.25, 0.3) is 12.1 Å². The summed E-state index contributed by atoms with van der Waals surface area (Å²) < 4.78 is 28.9. The Kier molecular flexibility index (Phi) is 5.93. The molecular weight excluding hydrogens is 314 g/mol. The van der Waals surface area contributed by atoms with Gasteiger partial charge < -0.3 is 10.1 Å². The normalized spacial score (nSPS) is 10.7. The molecule has 1 aromatic rings. The Morgan fingerprint density at radius 3 is 2.83 bits per heavy atom. The van der Waals surface area contributed by atoms with Crippen molar-refractivity contribution in [1.82, 2.24) is 0 Å². The van der Waals surface area contributed by atoms with Crippen LogP contribution < -0.4 is 5.32 Å². The van der Waals surface area contributed by atoms with Crippen LogP contribution in [0.1, 0.15) is 0 Å². The highest BCUT2D eigenvalue weighted by Crippen LogP contribution is 2.27. The Balaban J connectivity index is 2.50. The van der Waals surface area contributed by atoms with Gasteiger partial charge in [-0.2, -0.15) is 0 Å². The Labute approximate surface area is 110 Å². The molecule has 1 N–H and O–H groups in total. The van der Waals surface area contributed by atoms with Crippen molar-refractivity contribution in [3.63, 3.8) is 0 Å². The first-order chi connectivity index (χ1) is 8.50. The molecule has 1 aromatic carbocycles. The van der Waals surface area contributed by atoms with Gasteiger partial charge in [-0.3, -0.25) is 10.1 Å². The lowest BCUT2D eigenvalue weighted by Crippen LogP contribution is -2.13. The maximum absolute atomic E-state index is 11.8. The summed E-state index contributed by atoms with van der Waals surface area (Å²) in [5, 5.41) is 13.5. The van der Waals surface area contributed by atoms with Crippen LogP contribution in [0.5, 0.6) is 0 Å². The number of rotatable bonds is 7. The lowest BCUT2D eigenvalue weighted by molar-refractivity contribution is -0.384. The molecule has 0 aromatic heterocycles. The summed E-state index contributed by atoms with van der Waals surface area (Å²) in [6.07, 6.45) is -2.51. The van der Waals surface area contributed by atoms with Crippen LogP contribution in [0.4, 0.5) is 20.2 Å². The summed E-state index contributed by atoms with van der Waals surface area (Å²) in [5.41, 5.74) is 0.238. The third-order valence-corrected chi connectivity index (χ3v) is 2.45. The smallest absolute Gasteiger partial charge is 0.292 e. The van der Waals surface area contributed by atoms with Crippen molar-refractivity contribution in [2.24, 2.45) is 0 Å². The molecule has 0 radical (unpaired) electrons. The zero-order valence-electron chi connectivity index (χ0n) is 9.24. The summed E-state index contributed by atoms with van der Waals surface area (Å²) in [5.74, 6) is 0. The Hall–Kier alpha value is -1.28. The third-order valence-electron chi connectivity index (χ3n) is 1.96. The third kappa shape index (κ3) is 4.92. The minimum absolute atomic E-state index is 0.0496. The maximum Gasteiger partial charge on any atom is 0.292 e. The molecule has 0 spiro atoms. The van der Waals surface area contributed by atoms with E-state index in [4.69, 9.17) is 0 Å². The van der Waals surface area contributed by atoms with Crippen LogP contribution >= 0.6 is 15.9 Å². The van der Waals surface area contributed by atoms with E-state index in [1.807, 2.05) is 0 Å². The molecule has 0 saturated carbocycles. The molecular formula is C10H11BrF2N2O3. The van der Waals surface area contributed by atoms with Crippen molar-refractivity contribution in [2.75, 3.05) is 25.1 Å². The van der Waals surface area contributed by atoms with Crippen LogP contribution in [0.3, 0.4) is 0 Å². The van der Waals surface area contributed by atoms with Gasteiger partial charge in [-0.15, -0.1) is 0 Å². The number of benzene rings is 1. The predicted molar refractivity (Wildman–Crippen MR) is 66.1 cm³/mol. The fraction of sp³-hybridized carbons (Fsp3) is 0.400. The number of ether oxygens (including phenoxy) is 1. The highest BCUT2D eigenvalue weighted by atomic mass is 79.9. The quantitative estimate of drug-likeness (QED) is 0.475. The van der Waals surface area contributed by atoms with Crippen molar-refractivity contribution in [3.05, 3.63) is 32.8 Å². The van der Waals surface area contributed by atoms with E-state index in [-0.39, 0.29) is 18.8 Å². The summed E-state index contributed by atoms with van der Waals surface area (Å²) >= 11 is 3.19. The van der Waals surface area contributed by atoms with Crippen LogP contribution in [0.2, 0.25) is 0 Å². The second-order valence-corrected chi connectivity index (χ2v) is 4.23. The van der Waals surface area contributed by atoms with Gasteiger partial charge in [-0.25, -0.2) is 8.78 Å². The minimum atomic E-state index is -2.51. The number of nitrogens with zero attached hydrogens (tertiary/aromatic N) is 1. The SMILES string of the molecule is O=[N+]([O-])c1ccc(Br)cc1NCCOCC(F)F. The van der Waals surface area contributed by atoms with Gasteiger partial charge in [-0.1, -0.05) is 15.9 Å². The molecule has 0 aliphatic rings. The van der Waals surface area contributed by atoms with Crippen molar-refractivity contribution < 1.29 is 18.4 Å². The van der Waals surface area contributed by atoms with E-state index < -0.39 is 18.0 Å². The Bertz CT molecular complexity index is 418. The molecule has 1 rings (SSSR count). The molecule has 0 atom stereocenters. The van der Waals surface area contributed by atoms with Gasteiger partial charge in [0.05, 0.1) is 11.5 Å². The summed E-state index contributed by atoms with van der Waals surface area (Å²) in [6.45, 7) is -0.375. The molecule has 0 bridgehead atoms. The molecule has 0 aliphatic heterocycles. The highest BCUT2D eigenvalue weighted by molar-refractivity contribution is 9.10. The topological polar surface area (TPSA) is 64.4 Å². The van der Waals surface area contributed by atoms with E-state index >= 15 is 0 Å². The number of anilines is 1. The van der Waals surface area contributed by atoms with Crippen molar-refractivity contribution in [2.45, 2.75) is 6.43 Å². The first kappa shape index (κ1) is 14.8. The lowest BCUT2D eigenvalue weighted by atomic mass is 10.2. The van der Waals surface area contributed by atoms with E-state index in [2.05, 4.69) is 26.0 Å². The van der Waals surface area contributed by atoms with E-state index in [1.165, 1.54) is 6.07 Å². The van der Waals surface area contributed by atoms with Gasteiger partial charge in [0.15, 0.2) is 0 Å². The largest absolute Gasteiger partial charge is 0.377 e. The van der Waals surface area contributed by atoms with Gasteiger partial charge in [-0.05, 0) is 12.1 Å². The molecule has 0 heterocycles. The average molecular weight is 325 g/mol. The van der Waals surface area contributed by atoms with Gasteiger partial charge in [0, 0.05) is 17.1 Å². The molecule has 5 nitrogen and oxygen atoms in total. The van der Waals surface area contributed by atoms with E-state index in [1.54, 1.807) is 12.1 Å². The van der Waals surface area contributed by atoms with Crippen LogP contribution in [-0.2, 0) is 4.74 Å². The summed E-state index contributed by atoms with van der Waals surface area (Å²) in [6, 6.07) is 4.45. The molecule has 100 valence electrons. The number of halogens is 3. The number of nitro groups is 1. The minimum Gasteiger partial charge on any atom is -0.377 e. The van der Waals surface area contributed by atoms with Crippen molar-refractivity contribution >= 4 is 27.3 Å². The molecule has 0 fully saturated rings. The van der Waals surface area contributed by atoms with Crippen LogP contribution in [0.15, 0.2) is 22.7 Å². The highest BCUT2D eigenvalue weighted by Gasteiger charge is 2.13. The molecule has 0 aliphatic carbocycles. The summed E-state index contributed by atoms with van der Waals surface area (Å²) in [4.78, 5) is 10.2. The number of alkyl halides is 2. The number of nitrogens with one attached hydrogen (secondary N) is 1. The van der Waals surface area contributed by atoms with Crippen molar-refractivity contribution in [3.8, 4) is 0 Å². The fourth-order valence-corrected chi connectivity index (χ4v) is 1.60. The zero-order valence-corrected chi connectivity index (χ0v) is 10.8. The molecule has 0 amide bonds. The van der Waals surface area contributed by atoms with Crippen molar-refractivity contribution in [1.29, 1.82) is 0 Å².